The molecule has 2 heterocycles. The van der Waals surface area contributed by atoms with Crippen LogP contribution < -0.4 is 21.7 Å². The zero-order chi connectivity index (χ0) is 27.7. The van der Waals surface area contributed by atoms with Gasteiger partial charge in [-0.15, -0.1) is 0 Å². The maximum atomic E-state index is 14.0. The molecule has 1 aromatic carbocycles. The van der Waals surface area contributed by atoms with Crippen LogP contribution in [0.1, 0.15) is 61.4 Å². The third-order valence-corrected chi connectivity index (χ3v) is 8.31. The number of aromatic amines is 1. The van der Waals surface area contributed by atoms with Crippen molar-refractivity contribution in [3.8, 4) is 11.3 Å². The molecule has 8 nitrogen and oxygen atoms in total. The molecule has 38 heavy (non-hydrogen) atoms. The van der Waals surface area contributed by atoms with E-state index in [1.807, 2.05) is 6.92 Å². The van der Waals surface area contributed by atoms with Crippen LogP contribution in [0.25, 0.3) is 22.2 Å². The molecule has 1 amide bonds. The summed E-state index contributed by atoms with van der Waals surface area (Å²) in [6, 6.07) is 3.22. The van der Waals surface area contributed by atoms with Crippen LogP contribution >= 0.6 is 7.14 Å². The van der Waals surface area contributed by atoms with Crippen molar-refractivity contribution < 1.29 is 22.5 Å². The highest BCUT2D eigenvalue weighted by atomic mass is 31.2. The molecule has 0 radical (unpaired) electrons. The van der Waals surface area contributed by atoms with Crippen molar-refractivity contribution in [1.29, 1.82) is 0 Å². The van der Waals surface area contributed by atoms with E-state index in [0.717, 1.165) is 38.3 Å². The fraction of sp³-hybridized carbons (Fsp3) is 0.500. The second-order valence-corrected chi connectivity index (χ2v) is 13.5. The fourth-order valence-electron chi connectivity index (χ4n) is 4.96. The highest BCUT2D eigenvalue weighted by Crippen LogP contribution is 2.43. The highest BCUT2D eigenvalue weighted by Gasteiger charge is 2.37. The lowest BCUT2D eigenvalue weighted by Gasteiger charge is -2.17. The van der Waals surface area contributed by atoms with E-state index in [9.17, 15) is 22.5 Å². The van der Waals surface area contributed by atoms with Gasteiger partial charge in [-0.3, -0.25) is 4.79 Å². The summed E-state index contributed by atoms with van der Waals surface area (Å²) in [5, 5.41) is 6.68. The van der Waals surface area contributed by atoms with Gasteiger partial charge in [0.05, 0.1) is 16.8 Å². The van der Waals surface area contributed by atoms with Crippen LogP contribution in [0.5, 0.6) is 0 Å². The van der Waals surface area contributed by atoms with E-state index in [-0.39, 0.29) is 40.2 Å². The van der Waals surface area contributed by atoms with E-state index in [2.05, 4.69) is 25.6 Å². The second kappa shape index (κ2) is 11.1. The number of nitrogens with one attached hydrogen (secondary N) is 3. The van der Waals surface area contributed by atoms with Crippen LogP contribution in [-0.4, -0.2) is 52.8 Å². The van der Waals surface area contributed by atoms with E-state index in [0.29, 0.717) is 23.9 Å². The van der Waals surface area contributed by atoms with Crippen LogP contribution in [0.2, 0.25) is 0 Å². The zero-order valence-corrected chi connectivity index (χ0v) is 22.7. The lowest BCUT2D eigenvalue weighted by atomic mass is 10.0. The molecular weight excluding hydrogens is 516 g/mol. The van der Waals surface area contributed by atoms with Crippen LogP contribution in [-0.2, 0) is 10.7 Å². The Balaban J connectivity index is 1.78. The molecule has 0 aliphatic heterocycles. The average molecular weight is 551 g/mol. The summed E-state index contributed by atoms with van der Waals surface area (Å²) in [6.07, 6.45) is 2.89. The number of rotatable bonds is 9. The molecular formula is C26H34F3N6O2P. The molecule has 3 aromatic rings. The SMILES string of the molecule is CC(N)CCCNC(=O)c1ccc2c(-c3nc(NC4CCCC4)ncc3C(F)(F)F)c[nH]c2c1P(C)(C)=O. The van der Waals surface area contributed by atoms with Crippen molar-refractivity contribution in [3.63, 3.8) is 0 Å². The maximum Gasteiger partial charge on any atom is 0.419 e. The molecule has 1 unspecified atom stereocenters. The smallest absolute Gasteiger partial charge is 0.360 e. The molecule has 0 bridgehead atoms. The Morgan fingerprint density at radius 2 is 1.97 bits per heavy atom. The van der Waals surface area contributed by atoms with Crippen LogP contribution in [0, 0.1) is 0 Å². The number of alkyl halides is 3. The summed E-state index contributed by atoms with van der Waals surface area (Å²) in [5.74, 6) is -0.262. The largest absolute Gasteiger partial charge is 0.419 e. The molecule has 1 atom stereocenters. The van der Waals surface area contributed by atoms with Crippen molar-refractivity contribution in [1.82, 2.24) is 20.3 Å². The quantitative estimate of drug-likeness (QED) is 0.217. The number of nitrogens with zero attached hydrogens (tertiary/aromatic N) is 2. The van der Waals surface area contributed by atoms with E-state index >= 15 is 0 Å². The van der Waals surface area contributed by atoms with Gasteiger partial charge in [0.25, 0.3) is 5.91 Å². The molecule has 2 aromatic heterocycles. The van der Waals surface area contributed by atoms with Gasteiger partial charge >= 0.3 is 6.18 Å². The summed E-state index contributed by atoms with van der Waals surface area (Å²) in [5.41, 5.74) is 5.29. The molecule has 4 rings (SSSR count). The monoisotopic (exact) mass is 550 g/mol. The first kappa shape index (κ1) is 28.1. The number of aromatic nitrogens is 3. The van der Waals surface area contributed by atoms with Gasteiger partial charge in [0, 0.05) is 47.3 Å². The van der Waals surface area contributed by atoms with E-state index in [1.165, 1.54) is 25.6 Å². The summed E-state index contributed by atoms with van der Waals surface area (Å²) >= 11 is 0. The lowest BCUT2D eigenvalue weighted by molar-refractivity contribution is -0.137. The standard InChI is InChI=1S/C26H34F3N6O2P/c1-15(30)7-6-12-31-24(36)18-11-10-17-19(13-32-22(17)23(18)38(2,3)37)21-20(26(27,28)29)14-33-25(35-21)34-16-8-4-5-9-16/h10-11,13-16,32H,4-9,12,30H2,1-3H3,(H,31,36)(H,33,34,35). The summed E-state index contributed by atoms with van der Waals surface area (Å²) in [7, 11) is -3.04. The number of nitrogens with two attached hydrogens (primary N) is 1. The predicted octanol–water partition coefficient (Wildman–Crippen LogP) is 5.10. The van der Waals surface area contributed by atoms with Gasteiger partial charge in [-0.2, -0.15) is 13.2 Å². The predicted molar refractivity (Wildman–Crippen MR) is 145 cm³/mol. The minimum Gasteiger partial charge on any atom is -0.360 e. The summed E-state index contributed by atoms with van der Waals surface area (Å²) < 4.78 is 55.4. The lowest BCUT2D eigenvalue weighted by Crippen LogP contribution is -2.30. The molecule has 12 heteroatoms. The van der Waals surface area contributed by atoms with Gasteiger partial charge < -0.3 is 25.9 Å². The number of benzene rings is 1. The third-order valence-electron chi connectivity index (χ3n) is 6.77. The number of carbonyl (C=O) groups is 1. The van der Waals surface area contributed by atoms with Gasteiger partial charge in [-0.05, 0) is 52.0 Å². The van der Waals surface area contributed by atoms with E-state index < -0.39 is 24.8 Å². The summed E-state index contributed by atoms with van der Waals surface area (Å²) in [6.45, 7) is 5.35. The number of hydrogen-bond donors (Lipinski definition) is 4. The molecule has 0 saturated heterocycles. The van der Waals surface area contributed by atoms with Crippen LogP contribution in [0.4, 0.5) is 19.1 Å². The molecule has 5 N–H and O–H groups in total. The number of halogens is 3. The number of carbonyl (C=O) groups excluding carboxylic acids is 1. The van der Waals surface area contributed by atoms with Crippen molar-refractivity contribution in [2.75, 3.05) is 25.2 Å². The normalized spacial score (nSPS) is 15.7. The Kier molecular flexibility index (Phi) is 8.18. The molecule has 1 aliphatic rings. The molecule has 206 valence electrons. The maximum absolute atomic E-state index is 14.0. The minimum absolute atomic E-state index is 0.0138. The Morgan fingerprint density at radius 3 is 2.61 bits per heavy atom. The number of amides is 1. The van der Waals surface area contributed by atoms with Gasteiger partial charge in [-0.25, -0.2) is 9.97 Å². The Hall–Kier alpha value is -2.91. The first-order valence-electron chi connectivity index (χ1n) is 12.8. The second-order valence-electron chi connectivity index (χ2n) is 10.4. The van der Waals surface area contributed by atoms with Gasteiger partial charge in [0.15, 0.2) is 0 Å². The van der Waals surface area contributed by atoms with Crippen molar-refractivity contribution in [2.45, 2.75) is 63.7 Å². The zero-order valence-electron chi connectivity index (χ0n) is 21.8. The fourth-order valence-corrected chi connectivity index (χ4v) is 6.44. The Labute approximate surface area is 219 Å². The molecule has 1 aliphatic carbocycles. The Bertz CT molecular complexity index is 1360. The van der Waals surface area contributed by atoms with Crippen LogP contribution in [0.3, 0.4) is 0 Å². The number of anilines is 1. The average Bonchev–Trinajstić information content (AvgIpc) is 3.49. The first-order valence-corrected chi connectivity index (χ1v) is 15.4. The third kappa shape index (κ3) is 6.21. The number of hydrogen-bond acceptors (Lipinski definition) is 6. The number of fused-ring (bicyclic) bond motifs is 1. The number of H-pyrrole nitrogens is 1. The van der Waals surface area contributed by atoms with Gasteiger partial charge in [-0.1, -0.05) is 18.9 Å². The molecule has 1 saturated carbocycles. The Morgan fingerprint density at radius 1 is 1.26 bits per heavy atom. The van der Waals surface area contributed by atoms with Crippen molar-refractivity contribution in [3.05, 3.63) is 35.7 Å². The van der Waals surface area contributed by atoms with Gasteiger partial charge in [0.2, 0.25) is 5.95 Å². The van der Waals surface area contributed by atoms with Crippen molar-refractivity contribution >= 4 is 35.2 Å². The van der Waals surface area contributed by atoms with E-state index in [4.69, 9.17) is 5.73 Å². The highest BCUT2D eigenvalue weighted by molar-refractivity contribution is 7.70. The molecule has 1 fully saturated rings. The first-order chi connectivity index (χ1) is 17.9. The van der Waals surface area contributed by atoms with E-state index in [1.54, 1.807) is 6.07 Å². The van der Waals surface area contributed by atoms with Crippen molar-refractivity contribution in [2.24, 2.45) is 5.73 Å². The minimum atomic E-state index is -4.68. The van der Waals surface area contributed by atoms with Crippen LogP contribution in [0.15, 0.2) is 24.5 Å². The molecule has 0 spiro atoms. The topological polar surface area (TPSA) is 126 Å². The van der Waals surface area contributed by atoms with Gasteiger partial charge in [0.1, 0.15) is 12.7 Å². The summed E-state index contributed by atoms with van der Waals surface area (Å²) in [4.78, 5) is 24.2.